The Labute approximate surface area is 169 Å². The van der Waals surface area contributed by atoms with Crippen LogP contribution in [0.2, 0.25) is 0 Å². The first-order valence-electron chi connectivity index (χ1n) is 9.46. The zero-order chi connectivity index (χ0) is 18.7. The minimum absolute atomic E-state index is 0. The summed E-state index contributed by atoms with van der Waals surface area (Å²) in [6, 6.07) is 10.7. The third kappa shape index (κ3) is 5.44. The number of pyridine rings is 1. The molecule has 1 fully saturated rings. The average Bonchev–Trinajstić information content (AvgIpc) is 2.58. The van der Waals surface area contributed by atoms with Gasteiger partial charge in [-0.2, -0.15) is 0 Å². The van der Waals surface area contributed by atoms with E-state index >= 15 is 0 Å². The van der Waals surface area contributed by atoms with Crippen LogP contribution in [-0.2, 0) is 13.2 Å². The van der Waals surface area contributed by atoms with Crippen LogP contribution in [0.4, 0.5) is 0 Å². The minimum Gasteiger partial charge on any atom is -0.487 e. The quantitative estimate of drug-likeness (QED) is 0.830. The summed E-state index contributed by atoms with van der Waals surface area (Å²) in [6.07, 6.45) is 2.86. The summed E-state index contributed by atoms with van der Waals surface area (Å²) < 4.78 is 6.05. The van der Waals surface area contributed by atoms with Crippen molar-refractivity contribution in [2.24, 2.45) is 11.1 Å². The molecule has 27 heavy (non-hydrogen) atoms. The number of benzene rings is 1. The van der Waals surface area contributed by atoms with Crippen LogP contribution >= 0.6 is 12.4 Å². The fourth-order valence-electron chi connectivity index (χ4n) is 3.87. The van der Waals surface area contributed by atoms with E-state index in [1.54, 1.807) is 6.20 Å². The first-order chi connectivity index (χ1) is 12.3. The molecule has 0 aliphatic carbocycles. The molecule has 2 heterocycles. The van der Waals surface area contributed by atoms with Gasteiger partial charge in [-0.1, -0.05) is 32.0 Å². The summed E-state index contributed by atoms with van der Waals surface area (Å²) in [4.78, 5) is 6.85. The predicted octanol–water partition coefficient (Wildman–Crippen LogP) is 4.26. The van der Waals surface area contributed by atoms with Crippen molar-refractivity contribution in [3.05, 3.63) is 58.9 Å². The molecule has 148 valence electrons. The molecule has 1 aromatic carbocycles. The van der Waals surface area contributed by atoms with Crippen molar-refractivity contribution >= 4 is 12.4 Å². The van der Waals surface area contributed by atoms with Gasteiger partial charge in [-0.05, 0) is 54.5 Å². The van der Waals surface area contributed by atoms with E-state index in [1.807, 2.05) is 18.2 Å². The van der Waals surface area contributed by atoms with Gasteiger partial charge in [-0.25, -0.2) is 0 Å². The Kier molecular flexibility index (Phi) is 7.26. The Morgan fingerprint density at radius 3 is 2.52 bits per heavy atom. The summed E-state index contributed by atoms with van der Waals surface area (Å²) in [5.74, 6) is 0.973. The molecule has 1 aliphatic rings. The van der Waals surface area contributed by atoms with E-state index in [0.717, 1.165) is 37.5 Å². The number of likely N-dealkylation sites (tertiary alicyclic amines) is 1. The fraction of sp³-hybridized carbons (Fsp3) is 0.500. The number of nitrogens with two attached hydrogens (primary N) is 1. The minimum atomic E-state index is 0. The van der Waals surface area contributed by atoms with Crippen LogP contribution in [0, 0.1) is 19.3 Å². The maximum atomic E-state index is 6.27. The summed E-state index contributed by atoms with van der Waals surface area (Å²) in [7, 11) is 0. The lowest BCUT2D eigenvalue weighted by Crippen LogP contribution is -2.52. The number of hydrogen-bond acceptors (Lipinski definition) is 4. The van der Waals surface area contributed by atoms with Crippen LogP contribution in [0.5, 0.6) is 5.75 Å². The number of rotatable bonds is 5. The molecule has 0 saturated carbocycles. The van der Waals surface area contributed by atoms with Crippen molar-refractivity contribution in [1.82, 2.24) is 9.88 Å². The van der Waals surface area contributed by atoms with Crippen LogP contribution in [0.25, 0.3) is 0 Å². The summed E-state index contributed by atoms with van der Waals surface area (Å²) in [5, 5.41) is 0. The standard InChI is InChI=1S/C22H31N3O.ClH/c1-16-11-18(13-25-10-8-20(23)22(3,4)15-25)12-17(2)21(16)26-14-19-7-5-6-9-24-19;/h5-7,9,11-12,20H,8,10,13-15,23H2,1-4H3;1H. The van der Waals surface area contributed by atoms with Gasteiger partial charge in [-0.3, -0.25) is 9.88 Å². The number of hydrogen-bond donors (Lipinski definition) is 1. The van der Waals surface area contributed by atoms with E-state index in [9.17, 15) is 0 Å². The molecule has 0 spiro atoms. The van der Waals surface area contributed by atoms with Gasteiger partial charge in [0.1, 0.15) is 12.4 Å². The summed E-state index contributed by atoms with van der Waals surface area (Å²) in [5.41, 5.74) is 11.1. The highest BCUT2D eigenvalue weighted by molar-refractivity contribution is 5.85. The van der Waals surface area contributed by atoms with Gasteiger partial charge < -0.3 is 10.5 Å². The molecule has 1 aromatic heterocycles. The lowest BCUT2D eigenvalue weighted by atomic mass is 9.79. The molecule has 0 radical (unpaired) electrons. The molecule has 2 aromatic rings. The number of ether oxygens (including phenoxy) is 1. The maximum Gasteiger partial charge on any atom is 0.130 e. The number of piperidine rings is 1. The van der Waals surface area contributed by atoms with Crippen molar-refractivity contribution in [3.63, 3.8) is 0 Å². The Hall–Kier alpha value is -1.62. The molecular formula is C22H32ClN3O. The molecule has 4 nitrogen and oxygen atoms in total. The van der Waals surface area contributed by atoms with Crippen molar-refractivity contribution in [2.75, 3.05) is 13.1 Å². The van der Waals surface area contributed by atoms with Crippen LogP contribution < -0.4 is 10.5 Å². The lowest BCUT2D eigenvalue weighted by Gasteiger charge is -2.42. The van der Waals surface area contributed by atoms with E-state index in [4.69, 9.17) is 10.5 Å². The third-order valence-corrected chi connectivity index (χ3v) is 5.41. The van der Waals surface area contributed by atoms with Crippen LogP contribution in [-0.4, -0.2) is 29.0 Å². The van der Waals surface area contributed by atoms with Gasteiger partial charge >= 0.3 is 0 Å². The highest BCUT2D eigenvalue weighted by atomic mass is 35.5. The number of aryl methyl sites for hydroxylation is 2. The smallest absolute Gasteiger partial charge is 0.130 e. The van der Waals surface area contributed by atoms with E-state index in [2.05, 4.69) is 49.7 Å². The zero-order valence-corrected chi connectivity index (χ0v) is 17.7. The van der Waals surface area contributed by atoms with Gasteiger partial charge in [0.05, 0.1) is 5.69 Å². The second kappa shape index (κ2) is 9.05. The zero-order valence-electron chi connectivity index (χ0n) is 16.9. The SMILES string of the molecule is Cc1cc(CN2CCC(N)C(C)(C)C2)cc(C)c1OCc1ccccn1.Cl. The van der Waals surface area contributed by atoms with E-state index < -0.39 is 0 Å². The molecule has 3 rings (SSSR count). The van der Waals surface area contributed by atoms with Crippen molar-refractivity contribution < 1.29 is 4.74 Å². The van der Waals surface area contributed by atoms with Crippen LogP contribution in [0.1, 0.15) is 42.7 Å². The molecule has 5 heteroatoms. The second-order valence-corrected chi connectivity index (χ2v) is 8.26. The molecule has 1 atom stereocenters. The first kappa shape index (κ1) is 21.7. The normalized spacial score (nSPS) is 19.4. The van der Waals surface area contributed by atoms with Gasteiger partial charge in [-0.15, -0.1) is 12.4 Å². The number of nitrogens with zero attached hydrogens (tertiary/aromatic N) is 2. The van der Waals surface area contributed by atoms with E-state index in [-0.39, 0.29) is 17.8 Å². The Morgan fingerprint density at radius 1 is 1.22 bits per heavy atom. The van der Waals surface area contributed by atoms with Crippen molar-refractivity contribution in [1.29, 1.82) is 0 Å². The molecular weight excluding hydrogens is 358 g/mol. The monoisotopic (exact) mass is 389 g/mol. The Bertz CT molecular complexity index is 725. The topological polar surface area (TPSA) is 51.4 Å². The molecule has 0 amide bonds. The highest BCUT2D eigenvalue weighted by Crippen LogP contribution is 2.30. The van der Waals surface area contributed by atoms with Crippen molar-refractivity contribution in [2.45, 2.75) is 53.3 Å². The van der Waals surface area contributed by atoms with Crippen molar-refractivity contribution in [3.8, 4) is 5.75 Å². The van der Waals surface area contributed by atoms with Gasteiger partial charge in [0.15, 0.2) is 0 Å². The fourth-order valence-corrected chi connectivity index (χ4v) is 3.87. The largest absolute Gasteiger partial charge is 0.487 e. The third-order valence-electron chi connectivity index (χ3n) is 5.41. The van der Waals surface area contributed by atoms with Gasteiger partial charge in [0, 0.05) is 31.9 Å². The summed E-state index contributed by atoms with van der Waals surface area (Å²) in [6.45, 7) is 12.4. The molecule has 1 aliphatic heterocycles. The summed E-state index contributed by atoms with van der Waals surface area (Å²) >= 11 is 0. The molecule has 1 unspecified atom stereocenters. The van der Waals surface area contributed by atoms with E-state index in [0.29, 0.717) is 12.6 Å². The first-order valence-corrected chi connectivity index (χ1v) is 9.46. The number of halogens is 1. The highest BCUT2D eigenvalue weighted by Gasteiger charge is 2.33. The predicted molar refractivity (Wildman–Crippen MR) is 113 cm³/mol. The van der Waals surface area contributed by atoms with Gasteiger partial charge in [0.25, 0.3) is 0 Å². The lowest BCUT2D eigenvalue weighted by molar-refractivity contribution is 0.0898. The molecule has 0 bridgehead atoms. The van der Waals surface area contributed by atoms with Gasteiger partial charge in [0.2, 0.25) is 0 Å². The Balaban J connectivity index is 0.00000261. The number of aromatic nitrogens is 1. The Morgan fingerprint density at radius 2 is 1.93 bits per heavy atom. The van der Waals surface area contributed by atoms with E-state index in [1.165, 1.54) is 16.7 Å². The van der Waals surface area contributed by atoms with Crippen LogP contribution in [0.15, 0.2) is 36.5 Å². The average molecular weight is 390 g/mol. The molecule has 1 saturated heterocycles. The maximum absolute atomic E-state index is 6.27. The molecule has 2 N–H and O–H groups in total. The van der Waals surface area contributed by atoms with Crippen LogP contribution in [0.3, 0.4) is 0 Å². The second-order valence-electron chi connectivity index (χ2n) is 8.26.